The van der Waals surface area contributed by atoms with E-state index >= 15 is 0 Å². The Morgan fingerprint density at radius 2 is 2.06 bits per heavy atom. The van der Waals surface area contributed by atoms with Gasteiger partial charge in [-0.15, -0.1) is 11.3 Å². The normalized spacial score (nSPS) is 10.5. The summed E-state index contributed by atoms with van der Waals surface area (Å²) in [5, 5.41) is 9.83. The first-order valence-electron chi connectivity index (χ1n) is 4.34. The number of carboxylic acids is 1. The average Bonchev–Trinajstić information content (AvgIpc) is 2.64. The van der Waals surface area contributed by atoms with Crippen LogP contribution in [-0.2, 0) is 0 Å². The molecule has 0 radical (unpaired) electrons. The molecule has 2 rings (SSSR count). The Kier molecular flexibility index (Phi) is 3.73. The highest BCUT2D eigenvalue weighted by Gasteiger charge is 2.18. The number of carbonyl (C=O) groups is 1. The average molecular weight is 353 g/mol. The molecule has 0 bridgehead atoms. The van der Waals surface area contributed by atoms with E-state index in [1.165, 1.54) is 11.3 Å². The standard InChI is InChI=1S/C10H4BrCl2NO2S/c11-10-14-7(9(15)16)8(17-10)4-1-2-5(12)6(13)3-4/h1-3H,(H,15,16). The van der Waals surface area contributed by atoms with Crippen LogP contribution in [0.3, 0.4) is 0 Å². The van der Waals surface area contributed by atoms with Crippen LogP contribution in [0.25, 0.3) is 10.4 Å². The summed E-state index contributed by atoms with van der Waals surface area (Å²) in [5.74, 6) is -1.08. The fourth-order valence-corrected chi connectivity index (χ4v) is 3.01. The van der Waals surface area contributed by atoms with Crippen molar-refractivity contribution < 1.29 is 9.90 Å². The molecule has 17 heavy (non-hydrogen) atoms. The smallest absolute Gasteiger partial charge is 0.356 e. The Morgan fingerprint density at radius 1 is 1.35 bits per heavy atom. The fourth-order valence-electron chi connectivity index (χ4n) is 1.27. The van der Waals surface area contributed by atoms with Crippen molar-refractivity contribution in [2.24, 2.45) is 0 Å². The van der Waals surface area contributed by atoms with Gasteiger partial charge in [-0.1, -0.05) is 29.3 Å². The van der Waals surface area contributed by atoms with E-state index in [-0.39, 0.29) is 5.69 Å². The number of aromatic nitrogens is 1. The molecule has 0 aliphatic heterocycles. The molecular formula is C10H4BrCl2NO2S. The van der Waals surface area contributed by atoms with E-state index in [0.717, 1.165) is 0 Å². The number of hydrogen-bond acceptors (Lipinski definition) is 3. The van der Waals surface area contributed by atoms with Crippen molar-refractivity contribution in [2.75, 3.05) is 0 Å². The van der Waals surface area contributed by atoms with Crippen LogP contribution in [0.15, 0.2) is 22.1 Å². The summed E-state index contributed by atoms with van der Waals surface area (Å²) in [6.45, 7) is 0. The summed E-state index contributed by atoms with van der Waals surface area (Å²) < 4.78 is 0.510. The van der Waals surface area contributed by atoms with Crippen molar-refractivity contribution in [3.8, 4) is 10.4 Å². The molecule has 0 spiro atoms. The number of aromatic carboxylic acids is 1. The molecule has 3 nitrogen and oxygen atoms in total. The van der Waals surface area contributed by atoms with Gasteiger partial charge in [0.15, 0.2) is 9.61 Å². The number of carboxylic acid groups (broad SMARTS) is 1. The Bertz CT molecular complexity index is 600. The van der Waals surface area contributed by atoms with E-state index in [4.69, 9.17) is 28.3 Å². The summed E-state index contributed by atoms with van der Waals surface area (Å²) in [6, 6.07) is 4.95. The van der Waals surface area contributed by atoms with Gasteiger partial charge in [0.05, 0.1) is 14.9 Å². The Labute approximate surface area is 119 Å². The van der Waals surface area contributed by atoms with E-state index in [9.17, 15) is 4.79 Å². The van der Waals surface area contributed by atoms with Crippen LogP contribution in [-0.4, -0.2) is 16.1 Å². The van der Waals surface area contributed by atoms with Gasteiger partial charge in [-0.3, -0.25) is 0 Å². The zero-order chi connectivity index (χ0) is 12.6. The monoisotopic (exact) mass is 351 g/mol. The third kappa shape index (κ3) is 2.63. The number of nitrogens with zero attached hydrogens (tertiary/aromatic N) is 1. The van der Waals surface area contributed by atoms with Gasteiger partial charge >= 0.3 is 5.97 Å². The highest BCUT2D eigenvalue weighted by atomic mass is 79.9. The van der Waals surface area contributed by atoms with E-state index in [0.29, 0.717) is 24.4 Å². The highest BCUT2D eigenvalue weighted by Crippen LogP contribution is 2.35. The molecule has 0 saturated carbocycles. The fraction of sp³-hybridized carbons (Fsp3) is 0. The van der Waals surface area contributed by atoms with Crippen molar-refractivity contribution in [1.82, 2.24) is 4.98 Å². The molecule has 0 amide bonds. The lowest BCUT2D eigenvalue weighted by atomic mass is 10.1. The van der Waals surface area contributed by atoms with Gasteiger partial charge in [0.25, 0.3) is 0 Å². The molecule has 1 heterocycles. The summed E-state index contributed by atoms with van der Waals surface area (Å²) >= 11 is 16.1. The van der Waals surface area contributed by atoms with E-state index in [2.05, 4.69) is 20.9 Å². The van der Waals surface area contributed by atoms with Gasteiger partial charge in [0.2, 0.25) is 0 Å². The van der Waals surface area contributed by atoms with Crippen molar-refractivity contribution >= 4 is 56.4 Å². The quantitative estimate of drug-likeness (QED) is 0.860. The maximum atomic E-state index is 11.0. The highest BCUT2D eigenvalue weighted by molar-refractivity contribution is 9.11. The number of rotatable bonds is 2. The van der Waals surface area contributed by atoms with Gasteiger partial charge in [-0.25, -0.2) is 9.78 Å². The summed E-state index contributed by atoms with van der Waals surface area (Å²) in [6.07, 6.45) is 0. The first kappa shape index (κ1) is 12.8. The number of benzene rings is 1. The third-order valence-corrected chi connectivity index (χ3v) is 4.28. The van der Waals surface area contributed by atoms with Crippen LogP contribution < -0.4 is 0 Å². The molecule has 0 fully saturated rings. The van der Waals surface area contributed by atoms with Crippen LogP contribution in [0, 0.1) is 0 Å². The lowest BCUT2D eigenvalue weighted by Gasteiger charge is -2.01. The lowest BCUT2D eigenvalue weighted by Crippen LogP contribution is -1.98. The van der Waals surface area contributed by atoms with Crippen LogP contribution in [0.5, 0.6) is 0 Å². The number of thiazole rings is 1. The van der Waals surface area contributed by atoms with Crippen molar-refractivity contribution in [3.05, 3.63) is 37.9 Å². The van der Waals surface area contributed by atoms with E-state index < -0.39 is 5.97 Å². The predicted molar refractivity (Wildman–Crippen MR) is 72.2 cm³/mol. The first-order chi connectivity index (χ1) is 7.99. The molecule has 2 aromatic rings. The molecule has 7 heteroatoms. The molecule has 0 unspecified atom stereocenters. The van der Waals surface area contributed by atoms with Gasteiger partial charge in [0, 0.05) is 0 Å². The van der Waals surface area contributed by atoms with Crippen LogP contribution in [0.1, 0.15) is 10.5 Å². The van der Waals surface area contributed by atoms with Crippen molar-refractivity contribution in [2.45, 2.75) is 0 Å². The van der Waals surface area contributed by atoms with E-state index in [1.54, 1.807) is 18.2 Å². The maximum absolute atomic E-state index is 11.0. The summed E-state index contributed by atoms with van der Waals surface area (Å²) in [4.78, 5) is 15.5. The van der Waals surface area contributed by atoms with Crippen molar-refractivity contribution in [1.29, 1.82) is 0 Å². The molecule has 1 aromatic carbocycles. The van der Waals surface area contributed by atoms with Gasteiger partial charge < -0.3 is 5.11 Å². The molecule has 88 valence electrons. The molecule has 0 aliphatic rings. The first-order valence-corrected chi connectivity index (χ1v) is 6.70. The third-order valence-electron chi connectivity index (χ3n) is 1.99. The molecule has 0 saturated heterocycles. The molecule has 0 atom stereocenters. The second kappa shape index (κ2) is 4.94. The van der Waals surface area contributed by atoms with Gasteiger partial charge in [0.1, 0.15) is 0 Å². The Morgan fingerprint density at radius 3 is 2.65 bits per heavy atom. The zero-order valence-corrected chi connectivity index (χ0v) is 12.0. The van der Waals surface area contributed by atoms with E-state index in [1.807, 2.05) is 0 Å². The largest absolute Gasteiger partial charge is 0.476 e. The van der Waals surface area contributed by atoms with Gasteiger partial charge in [-0.05, 0) is 33.6 Å². The summed E-state index contributed by atoms with van der Waals surface area (Å²) in [7, 11) is 0. The molecule has 0 aliphatic carbocycles. The molecule has 1 N–H and O–H groups in total. The zero-order valence-electron chi connectivity index (χ0n) is 8.08. The van der Waals surface area contributed by atoms with Crippen LogP contribution in [0.4, 0.5) is 0 Å². The second-order valence-corrected chi connectivity index (χ2v) is 6.17. The molecular weight excluding hydrogens is 349 g/mol. The number of halogens is 3. The van der Waals surface area contributed by atoms with Crippen molar-refractivity contribution in [3.63, 3.8) is 0 Å². The number of hydrogen-bond donors (Lipinski definition) is 1. The topological polar surface area (TPSA) is 50.2 Å². The lowest BCUT2D eigenvalue weighted by molar-refractivity contribution is 0.0692. The second-order valence-electron chi connectivity index (χ2n) is 3.08. The van der Waals surface area contributed by atoms with Gasteiger partial charge in [-0.2, -0.15) is 0 Å². The van der Waals surface area contributed by atoms with Crippen LogP contribution >= 0.6 is 50.5 Å². The predicted octanol–water partition coefficient (Wildman–Crippen LogP) is 4.58. The molecule has 1 aromatic heterocycles. The summed E-state index contributed by atoms with van der Waals surface area (Å²) in [5.41, 5.74) is 0.681. The minimum Gasteiger partial charge on any atom is -0.476 e. The maximum Gasteiger partial charge on any atom is 0.356 e. The Hall–Kier alpha value is -0.620. The van der Waals surface area contributed by atoms with Crippen LogP contribution in [0.2, 0.25) is 10.0 Å². The SMILES string of the molecule is O=C(O)c1nc(Br)sc1-c1ccc(Cl)c(Cl)c1. The minimum atomic E-state index is -1.08. The minimum absolute atomic E-state index is 0.000245. The Balaban J connectivity index is 2.59.